The summed E-state index contributed by atoms with van der Waals surface area (Å²) in [5, 5.41) is 11.3. The molecule has 4 unspecified atom stereocenters. The first-order valence-corrected chi connectivity index (χ1v) is 12.6. The largest absolute Gasteiger partial charge is 0.459 e. The summed E-state index contributed by atoms with van der Waals surface area (Å²) in [5.74, 6) is 0.226. The molecule has 4 rings (SSSR count). The van der Waals surface area contributed by atoms with E-state index in [1.54, 1.807) is 0 Å². The number of carbonyl (C=O) groups is 2. The van der Waals surface area contributed by atoms with Crippen LogP contribution in [0.4, 0.5) is 0 Å². The van der Waals surface area contributed by atoms with Crippen LogP contribution in [0.25, 0.3) is 0 Å². The Kier molecular flexibility index (Phi) is 7.14. The zero-order chi connectivity index (χ0) is 22.9. The Hall–Kier alpha value is -1.24. The van der Waals surface area contributed by atoms with E-state index < -0.39 is 6.10 Å². The number of hydrogen-bond donors (Lipinski definition) is 1. The van der Waals surface area contributed by atoms with Crippen LogP contribution in [0.2, 0.25) is 0 Å². The SMILES string of the molecule is CCC(=O)O[C@H]1COC2C3C(O)C=C4C[C@@H](OCCCCC=O)CC[C@]4(C)C3CC[C@@]21C. The zero-order valence-electron chi connectivity index (χ0n) is 19.9. The minimum atomic E-state index is -0.542. The van der Waals surface area contributed by atoms with Crippen molar-refractivity contribution < 1.29 is 28.9 Å². The van der Waals surface area contributed by atoms with E-state index in [1.165, 1.54) is 5.57 Å². The van der Waals surface area contributed by atoms with Crippen LogP contribution in [-0.2, 0) is 23.8 Å². The summed E-state index contributed by atoms with van der Waals surface area (Å²) in [7, 11) is 0. The van der Waals surface area contributed by atoms with Crippen molar-refractivity contribution >= 4 is 12.3 Å². The first-order chi connectivity index (χ1) is 15.3. The predicted octanol–water partition coefficient (Wildman–Crippen LogP) is 3.99. The standard InChI is InChI=1S/C26H40O6/c1-4-22(29)32-21-16-31-24-23-19(9-11-26(21,24)3)25(2)10-8-18(14-17(25)15-20(23)28)30-13-7-5-6-12-27/h12,15,18-21,23-24,28H,4-11,13-14,16H2,1-3H3/t18-,19?,20?,21-,23?,24?,25-,26+/m0/s1. The summed E-state index contributed by atoms with van der Waals surface area (Å²) < 4.78 is 18.2. The molecule has 2 saturated carbocycles. The molecule has 0 aromatic heterocycles. The second-order valence-corrected chi connectivity index (χ2v) is 10.8. The van der Waals surface area contributed by atoms with Crippen LogP contribution in [0.3, 0.4) is 0 Å². The van der Waals surface area contributed by atoms with Crippen LogP contribution in [0.15, 0.2) is 11.6 Å². The van der Waals surface area contributed by atoms with Crippen molar-refractivity contribution in [2.75, 3.05) is 13.2 Å². The van der Waals surface area contributed by atoms with Crippen LogP contribution in [0.5, 0.6) is 0 Å². The molecule has 0 spiro atoms. The summed E-state index contributed by atoms with van der Waals surface area (Å²) in [6.07, 6.45) is 10.1. The fourth-order valence-corrected chi connectivity index (χ4v) is 6.97. The minimum Gasteiger partial charge on any atom is -0.459 e. The lowest BCUT2D eigenvalue weighted by atomic mass is 9.49. The first kappa shape index (κ1) is 23.9. The lowest BCUT2D eigenvalue weighted by Crippen LogP contribution is -2.58. The zero-order valence-corrected chi connectivity index (χ0v) is 19.9. The highest BCUT2D eigenvalue weighted by Crippen LogP contribution is 2.62. The predicted molar refractivity (Wildman–Crippen MR) is 120 cm³/mol. The van der Waals surface area contributed by atoms with Crippen molar-refractivity contribution in [3.63, 3.8) is 0 Å². The molecule has 0 amide bonds. The van der Waals surface area contributed by atoms with E-state index in [2.05, 4.69) is 19.9 Å². The van der Waals surface area contributed by atoms with Crippen molar-refractivity contribution in [1.82, 2.24) is 0 Å². The highest BCUT2D eigenvalue weighted by molar-refractivity contribution is 5.69. The molecule has 32 heavy (non-hydrogen) atoms. The minimum absolute atomic E-state index is 0.0358. The number of aliphatic hydroxyl groups excluding tert-OH is 1. The molecule has 3 aliphatic carbocycles. The molecule has 1 aliphatic heterocycles. The monoisotopic (exact) mass is 448 g/mol. The van der Waals surface area contributed by atoms with E-state index in [4.69, 9.17) is 14.2 Å². The van der Waals surface area contributed by atoms with Crippen LogP contribution in [-0.4, -0.2) is 55.0 Å². The molecule has 1 N–H and O–H groups in total. The number of fused-ring (bicyclic) bond motifs is 5. The smallest absolute Gasteiger partial charge is 0.305 e. The second-order valence-electron chi connectivity index (χ2n) is 10.8. The average Bonchev–Trinajstić information content (AvgIpc) is 3.10. The Morgan fingerprint density at radius 2 is 2.09 bits per heavy atom. The fourth-order valence-electron chi connectivity index (χ4n) is 6.97. The number of esters is 1. The third-order valence-corrected chi connectivity index (χ3v) is 9.00. The van der Waals surface area contributed by atoms with Crippen molar-refractivity contribution in [1.29, 1.82) is 0 Å². The molecule has 1 saturated heterocycles. The van der Waals surface area contributed by atoms with E-state index in [9.17, 15) is 14.7 Å². The van der Waals surface area contributed by atoms with E-state index >= 15 is 0 Å². The molecule has 3 fully saturated rings. The van der Waals surface area contributed by atoms with Gasteiger partial charge in [-0.15, -0.1) is 0 Å². The lowest BCUT2D eigenvalue weighted by molar-refractivity contribution is -0.159. The van der Waals surface area contributed by atoms with Gasteiger partial charge >= 0.3 is 5.97 Å². The molecule has 1 heterocycles. The number of hydrogen-bond acceptors (Lipinski definition) is 6. The molecular formula is C26H40O6. The van der Waals surface area contributed by atoms with Crippen LogP contribution in [0, 0.1) is 22.7 Å². The van der Waals surface area contributed by atoms with Crippen LogP contribution >= 0.6 is 0 Å². The van der Waals surface area contributed by atoms with Gasteiger partial charge in [0.15, 0.2) is 0 Å². The molecule has 180 valence electrons. The maximum atomic E-state index is 12.0. The Morgan fingerprint density at radius 1 is 1.28 bits per heavy atom. The van der Waals surface area contributed by atoms with Gasteiger partial charge in [-0.2, -0.15) is 0 Å². The molecule has 0 aromatic carbocycles. The Bertz CT molecular complexity index is 734. The number of unbranched alkanes of at least 4 members (excludes halogenated alkanes) is 2. The molecule has 0 bridgehead atoms. The molecule has 6 heteroatoms. The molecule has 0 aromatic rings. The van der Waals surface area contributed by atoms with Gasteiger partial charge in [0.1, 0.15) is 12.4 Å². The fraction of sp³-hybridized carbons (Fsp3) is 0.846. The van der Waals surface area contributed by atoms with Gasteiger partial charge in [-0.25, -0.2) is 0 Å². The highest BCUT2D eigenvalue weighted by Gasteiger charge is 2.62. The summed E-state index contributed by atoms with van der Waals surface area (Å²) in [5.41, 5.74) is 1.16. The van der Waals surface area contributed by atoms with E-state index in [1.807, 2.05) is 6.92 Å². The summed E-state index contributed by atoms with van der Waals surface area (Å²) in [6, 6.07) is 0. The third-order valence-electron chi connectivity index (χ3n) is 9.00. The molecule has 8 atom stereocenters. The van der Waals surface area contributed by atoms with Crippen LogP contribution in [0.1, 0.15) is 78.6 Å². The van der Waals surface area contributed by atoms with Gasteiger partial charge in [0, 0.05) is 30.8 Å². The molecular weight excluding hydrogens is 408 g/mol. The normalized spacial score (nSPS) is 42.9. The average molecular weight is 449 g/mol. The maximum absolute atomic E-state index is 12.0. The summed E-state index contributed by atoms with van der Waals surface area (Å²) in [4.78, 5) is 22.4. The van der Waals surface area contributed by atoms with Gasteiger partial charge < -0.3 is 24.1 Å². The van der Waals surface area contributed by atoms with Gasteiger partial charge in [0.25, 0.3) is 0 Å². The number of aliphatic hydroxyl groups is 1. The highest BCUT2D eigenvalue weighted by atomic mass is 16.6. The van der Waals surface area contributed by atoms with E-state index in [0.717, 1.165) is 51.2 Å². The third kappa shape index (κ3) is 4.19. The van der Waals surface area contributed by atoms with Crippen molar-refractivity contribution in [2.24, 2.45) is 22.7 Å². The topological polar surface area (TPSA) is 82.1 Å². The second kappa shape index (κ2) is 9.55. The number of rotatable bonds is 8. The van der Waals surface area contributed by atoms with Crippen molar-refractivity contribution in [3.05, 3.63) is 11.6 Å². The Balaban J connectivity index is 1.46. The number of ether oxygens (including phenoxy) is 3. The van der Waals surface area contributed by atoms with Crippen molar-refractivity contribution in [3.8, 4) is 0 Å². The van der Waals surface area contributed by atoms with Crippen molar-refractivity contribution in [2.45, 2.75) is 103 Å². The lowest BCUT2D eigenvalue weighted by Gasteiger charge is -2.58. The van der Waals surface area contributed by atoms with Gasteiger partial charge in [0.2, 0.25) is 0 Å². The Morgan fingerprint density at radius 3 is 2.84 bits per heavy atom. The van der Waals surface area contributed by atoms with Gasteiger partial charge in [-0.3, -0.25) is 4.79 Å². The van der Waals surface area contributed by atoms with Gasteiger partial charge in [-0.1, -0.05) is 32.4 Å². The number of carbonyl (C=O) groups excluding carboxylic acids is 2. The molecule has 4 aliphatic rings. The first-order valence-electron chi connectivity index (χ1n) is 12.6. The van der Waals surface area contributed by atoms with Gasteiger partial charge in [0.05, 0.1) is 24.9 Å². The number of aldehydes is 1. The molecule has 0 radical (unpaired) electrons. The maximum Gasteiger partial charge on any atom is 0.305 e. The molecule has 6 nitrogen and oxygen atoms in total. The summed E-state index contributed by atoms with van der Waals surface area (Å²) in [6.45, 7) is 7.49. The Labute approximate surface area is 192 Å². The summed E-state index contributed by atoms with van der Waals surface area (Å²) >= 11 is 0. The quantitative estimate of drug-likeness (QED) is 0.262. The van der Waals surface area contributed by atoms with Gasteiger partial charge in [-0.05, 0) is 56.3 Å². The van der Waals surface area contributed by atoms with Crippen LogP contribution < -0.4 is 0 Å². The van der Waals surface area contributed by atoms with E-state index in [-0.39, 0.29) is 41.0 Å². The van der Waals surface area contributed by atoms with E-state index in [0.29, 0.717) is 32.0 Å².